The maximum Gasteiger partial charge on any atom is 0.308 e. The van der Waals surface area contributed by atoms with Crippen molar-refractivity contribution in [2.45, 2.75) is 45.6 Å². The van der Waals surface area contributed by atoms with E-state index in [1.54, 1.807) is 19.1 Å². The minimum Gasteiger partial charge on any atom is -0.494 e. The van der Waals surface area contributed by atoms with Gasteiger partial charge in [0, 0.05) is 25.4 Å². The summed E-state index contributed by atoms with van der Waals surface area (Å²) in [6.45, 7) is 5.88. The lowest BCUT2D eigenvalue weighted by Crippen LogP contribution is -2.44. The summed E-state index contributed by atoms with van der Waals surface area (Å²) in [6, 6.07) is 23.8. The van der Waals surface area contributed by atoms with Crippen molar-refractivity contribution in [3.8, 4) is 11.8 Å². The van der Waals surface area contributed by atoms with Crippen LogP contribution in [0.15, 0.2) is 91.3 Å². The van der Waals surface area contributed by atoms with Gasteiger partial charge in [0.25, 0.3) is 6.35 Å². The van der Waals surface area contributed by atoms with Gasteiger partial charge < -0.3 is 24.0 Å². The second-order valence-corrected chi connectivity index (χ2v) is 10.2. The summed E-state index contributed by atoms with van der Waals surface area (Å²) in [7, 11) is 0. The number of hydrogen-bond donors (Lipinski definition) is 0. The number of carbonyl (C=O) groups excluding carboxylic acids is 1. The van der Waals surface area contributed by atoms with Gasteiger partial charge in [0.1, 0.15) is 17.7 Å². The molecule has 0 aromatic heterocycles. The Kier molecular flexibility index (Phi) is 11.8. The first-order valence-corrected chi connectivity index (χ1v) is 14.6. The van der Waals surface area contributed by atoms with E-state index < -0.39 is 6.35 Å². The van der Waals surface area contributed by atoms with Crippen molar-refractivity contribution in [1.29, 1.82) is 5.26 Å². The number of benzene rings is 3. The lowest BCUT2D eigenvalue weighted by atomic mass is 10.1. The highest BCUT2D eigenvalue weighted by Crippen LogP contribution is 2.27. The Bertz CT molecular complexity index is 1400. The normalized spacial score (nSPS) is 15.1. The fraction of sp³-hybridized carbons (Fsp3) is 0.314. The van der Waals surface area contributed by atoms with Gasteiger partial charge in [-0.25, -0.2) is 4.39 Å². The van der Waals surface area contributed by atoms with Gasteiger partial charge in [0.15, 0.2) is 0 Å². The number of carbonyl (C=O) groups is 1. The monoisotopic (exact) mass is 583 g/mol. The zero-order chi connectivity index (χ0) is 30.4. The van der Waals surface area contributed by atoms with Gasteiger partial charge in [-0.15, -0.1) is 0 Å². The molecule has 0 bridgehead atoms. The predicted molar refractivity (Wildman–Crippen MR) is 164 cm³/mol. The summed E-state index contributed by atoms with van der Waals surface area (Å²) >= 11 is 0. The quantitative estimate of drug-likeness (QED) is 0.182. The zero-order valence-corrected chi connectivity index (χ0v) is 24.7. The van der Waals surface area contributed by atoms with Crippen LogP contribution in [-0.4, -0.2) is 48.4 Å². The topological polar surface area (TPSA) is 75.0 Å². The molecule has 0 spiro atoms. The van der Waals surface area contributed by atoms with E-state index in [2.05, 4.69) is 13.0 Å². The van der Waals surface area contributed by atoms with Crippen LogP contribution in [0.5, 0.6) is 5.75 Å². The molecule has 2 atom stereocenters. The summed E-state index contributed by atoms with van der Waals surface area (Å²) in [5.41, 5.74) is 3.56. The maximum absolute atomic E-state index is 13.3. The van der Waals surface area contributed by atoms with Gasteiger partial charge in [0.2, 0.25) is 0 Å². The first-order valence-electron chi connectivity index (χ1n) is 14.6. The van der Waals surface area contributed by atoms with Crippen molar-refractivity contribution in [2.75, 3.05) is 26.3 Å². The highest BCUT2D eigenvalue weighted by molar-refractivity contribution is 5.69. The Morgan fingerprint density at radius 1 is 0.977 bits per heavy atom. The molecule has 1 aliphatic heterocycles. The summed E-state index contributed by atoms with van der Waals surface area (Å²) in [5, 5.41) is 9.08. The molecule has 4 rings (SSSR count). The standard InChI is InChI=1S/C35H38FN3O4/c1-3-23-41-32-17-13-30(14-18-32)33(42-24-19-28-7-9-29(25-37)10-8-28)26-39-22-21-38(35(39)43-34(40)4-2)20-5-6-27-11-15-31(36)16-12-27/h5-18,21-22,33,35H,3-4,19-20,23-24,26H2,1-2H3/b6-5+. The number of nitrogens with zero attached hydrogens (tertiary/aromatic N) is 3. The Morgan fingerprint density at radius 2 is 1.70 bits per heavy atom. The minimum absolute atomic E-state index is 0.257. The first kappa shape index (κ1) is 31.3. The molecule has 0 radical (unpaired) electrons. The van der Waals surface area contributed by atoms with Crippen molar-refractivity contribution in [3.05, 3.63) is 119 Å². The molecule has 2 unspecified atom stereocenters. The summed E-state index contributed by atoms with van der Waals surface area (Å²) < 4.78 is 31.4. The van der Waals surface area contributed by atoms with Crippen LogP contribution < -0.4 is 4.74 Å². The van der Waals surface area contributed by atoms with Gasteiger partial charge in [-0.2, -0.15) is 5.26 Å². The average molecular weight is 584 g/mol. The van der Waals surface area contributed by atoms with Crippen LogP contribution in [0.4, 0.5) is 4.39 Å². The fourth-order valence-corrected chi connectivity index (χ4v) is 4.54. The van der Waals surface area contributed by atoms with Crippen LogP contribution in [0.1, 0.15) is 55.0 Å². The highest BCUT2D eigenvalue weighted by atomic mass is 19.1. The zero-order valence-electron chi connectivity index (χ0n) is 24.7. The van der Waals surface area contributed by atoms with E-state index in [0.29, 0.717) is 38.3 Å². The van der Waals surface area contributed by atoms with Gasteiger partial charge >= 0.3 is 5.97 Å². The molecule has 3 aromatic rings. The molecule has 1 aliphatic rings. The summed E-state index contributed by atoms with van der Waals surface area (Å²) in [5.74, 6) is 0.220. The van der Waals surface area contributed by atoms with Gasteiger partial charge in [-0.3, -0.25) is 4.79 Å². The maximum atomic E-state index is 13.3. The van der Waals surface area contributed by atoms with E-state index in [1.165, 1.54) is 12.1 Å². The number of esters is 1. The van der Waals surface area contributed by atoms with Crippen LogP contribution in [0.25, 0.3) is 6.08 Å². The number of hydrogen-bond acceptors (Lipinski definition) is 7. The summed E-state index contributed by atoms with van der Waals surface area (Å²) in [4.78, 5) is 16.3. The molecule has 0 fully saturated rings. The molecular formula is C35H38FN3O4. The molecule has 0 N–H and O–H groups in total. The van der Waals surface area contributed by atoms with Crippen LogP contribution >= 0.6 is 0 Å². The van der Waals surface area contributed by atoms with E-state index in [4.69, 9.17) is 19.5 Å². The van der Waals surface area contributed by atoms with Crippen molar-refractivity contribution in [3.63, 3.8) is 0 Å². The average Bonchev–Trinajstić information content (AvgIpc) is 3.41. The van der Waals surface area contributed by atoms with Crippen LogP contribution in [0, 0.1) is 17.1 Å². The smallest absolute Gasteiger partial charge is 0.308 e. The molecule has 0 amide bonds. The van der Waals surface area contributed by atoms with Crippen LogP contribution in [0.3, 0.4) is 0 Å². The minimum atomic E-state index is -0.637. The molecular weight excluding hydrogens is 545 g/mol. The van der Waals surface area contributed by atoms with E-state index in [1.807, 2.05) is 82.9 Å². The third-order valence-corrected chi connectivity index (χ3v) is 6.93. The molecule has 0 aliphatic carbocycles. The molecule has 8 heteroatoms. The van der Waals surface area contributed by atoms with Crippen molar-refractivity contribution >= 4 is 12.0 Å². The van der Waals surface area contributed by atoms with Crippen molar-refractivity contribution in [2.24, 2.45) is 0 Å². The Morgan fingerprint density at radius 3 is 2.37 bits per heavy atom. The SMILES string of the molecule is CCCOc1ccc(C(CN2C=CN(C/C=C/c3ccc(F)cc3)C2OC(=O)CC)OCCc2ccc(C#N)cc2)cc1. The third kappa shape index (κ3) is 9.45. The second kappa shape index (κ2) is 16.1. The van der Waals surface area contributed by atoms with Gasteiger partial charge in [-0.1, -0.05) is 62.4 Å². The molecule has 1 heterocycles. The van der Waals surface area contributed by atoms with E-state index in [9.17, 15) is 9.18 Å². The van der Waals surface area contributed by atoms with Crippen LogP contribution in [0.2, 0.25) is 0 Å². The molecule has 3 aromatic carbocycles. The summed E-state index contributed by atoms with van der Waals surface area (Å²) in [6.07, 6.45) is 8.59. The first-order chi connectivity index (χ1) is 21.0. The Labute approximate surface area is 253 Å². The largest absolute Gasteiger partial charge is 0.494 e. The Balaban J connectivity index is 1.47. The van der Waals surface area contributed by atoms with Crippen molar-refractivity contribution < 1.29 is 23.4 Å². The number of nitriles is 1. The fourth-order valence-electron chi connectivity index (χ4n) is 4.54. The number of halogens is 1. The second-order valence-electron chi connectivity index (χ2n) is 10.2. The number of ether oxygens (including phenoxy) is 3. The Hall–Kier alpha value is -4.61. The molecule has 43 heavy (non-hydrogen) atoms. The molecule has 0 saturated carbocycles. The molecule has 224 valence electrons. The molecule has 0 saturated heterocycles. The lowest BCUT2D eigenvalue weighted by Gasteiger charge is -2.33. The van der Waals surface area contributed by atoms with E-state index in [-0.39, 0.29) is 24.3 Å². The number of rotatable bonds is 15. The highest BCUT2D eigenvalue weighted by Gasteiger charge is 2.31. The van der Waals surface area contributed by atoms with Gasteiger partial charge in [0.05, 0.1) is 31.4 Å². The third-order valence-electron chi connectivity index (χ3n) is 6.93. The predicted octanol–water partition coefficient (Wildman–Crippen LogP) is 6.83. The lowest BCUT2D eigenvalue weighted by molar-refractivity contribution is -0.169. The van der Waals surface area contributed by atoms with E-state index in [0.717, 1.165) is 28.9 Å². The van der Waals surface area contributed by atoms with Crippen molar-refractivity contribution in [1.82, 2.24) is 9.80 Å². The van der Waals surface area contributed by atoms with Gasteiger partial charge in [-0.05, 0) is 65.9 Å². The molecule has 7 nitrogen and oxygen atoms in total. The van der Waals surface area contributed by atoms with E-state index >= 15 is 0 Å². The van der Waals surface area contributed by atoms with Crippen LogP contribution in [-0.2, 0) is 20.7 Å².